The second kappa shape index (κ2) is 10.3. The molecule has 4 rings (SSSR count). The highest BCUT2D eigenvalue weighted by Crippen LogP contribution is 2.29. The first-order chi connectivity index (χ1) is 15.9. The van der Waals surface area contributed by atoms with Crippen LogP contribution in [0.5, 0.6) is 0 Å². The summed E-state index contributed by atoms with van der Waals surface area (Å²) in [5, 5.41) is 3.55. The molecule has 0 bridgehead atoms. The zero-order valence-electron chi connectivity index (χ0n) is 18.9. The lowest BCUT2D eigenvalue weighted by molar-refractivity contribution is -0.119. The number of aromatic nitrogens is 3. The molecule has 1 amide bonds. The molecule has 33 heavy (non-hydrogen) atoms. The topological polar surface area (TPSA) is 76.9 Å². The minimum atomic E-state index is -0.144. The Kier molecular flexibility index (Phi) is 7.25. The first-order valence-electron chi connectivity index (χ1n) is 10.8. The van der Waals surface area contributed by atoms with Gasteiger partial charge in [0.25, 0.3) is 5.56 Å². The number of fused-ring (bicyclic) bond motifs is 1. The zero-order chi connectivity index (χ0) is 23.4. The Balaban J connectivity index is 1.44. The third-order valence-corrected chi connectivity index (χ3v) is 7.29. The van der Waals surface area contributed by atoms with Crippen molar-refractivity contribution in [1.82, 2.24) is 19.2 Å². The summed E-state index contributed by atoms with van der Waals surface area (Å²) in [6, 6.07) is 18.3. The molecule has 2 aromatic carbocycles. The predicted molar refractivity (Wildman–Crippen MR) is 136 cm³/mol. The highest BCUT2D eigenvalue weighted by molar-refractivity contribution is 7.99. The third-order valence-electron chi connectivity index (χ3n) is 5.43. The van der Waals surface area contributed by atoms with Gasteiger partial charge in [0.1, 0.15) is 15.9 Å². The van der Waals surface area contributed by atoms with E-state index in [1.54, 1.807) is 7.05 Å². The van der Waals surface area contributed by atoms with Crippen LogP contribution in [-0.4, -0.2) is 31.6 Å². The second-order valence-corrected chi connectivity index (χ2v) is 9.83. The predicted octanol–water partition coefficient (Wildman–Crippen LogP) is 4.60. The van der Waals surface area contributed by atoms with Crippen LogP contribution in [0, 0.1) is 6.92 Å². The summed E-state index contributed by atoms with van der Waals surface area (Å²) in [4.78, 5) is 30.1. The van der Waals surface area contributed by atoms with Crippen LogP contribution in [-0.2, 0) is 18.3 Å². The number of carbonyl (C=O) groups excluding carboxylic acids is 1. The van der Waals surface area contributed by atoms with Crippen LogP contribution in [0.15, 0.2) is 64.5 Å². The Hall–Kier alpha value is -2.97. The first kappa shape index (κ1) is 23.2. The van der Waals surface area contributed by atoms with Gasteiger partial charge in [-0.3, -0.25) is 14.2 Å². The molecule has 0 aliphatic carbocycles. The molecule has 170 valence electrons. The normalized spacial score (nSPS) is 12.1. The van der Waals surface area contributed by atoms with Crippen molar-refractivity contribution >= 4 is 39.4 Å². The van der Waals surface area contributed by atoms with Gasteiger partial charge in [0.05, 0.1) is 5.75 Å². The van der Waals surface area contributed by atoms with Gasteiger partial charge in [-0.15, -0.1) is 0 Å². The van der Waals surface area contributed by atoms with Gasteiger partial charge in [0.2, 0.25) is 5.91 Å². The van der Waals surface area contributed by atoms with Crippen molar-refractivity contribution in [2.24, 2.45) is 7.05 Å². The number of carbonyl (C=O) groups is 1. The van der Waals surface area contributed by atoms with Crippen LogP contribution in [0.3, 0.4) is 0 Å². The molecule has 1 N–H and O–H groups in total. The Morgan fingerprint density at radius 3 is 2.61 bits per heavy atom. The van der Waals surface area contributed by atoms with Gasteiger partial charge < -0.3 is 5.32 Å². The van der Waals surface area contributed by atoms with Crippen LogP contribution < -0.4 is 10.9 Å². The van der Waals surface area contributed by atoms with E-state index in [2.05, 4.69) is 21.8 Å². The molecule has 6 nitrogen and oxygen atoms in total. The van der Waals surface area contributed by atoms with E-state index in [1.165, 1.54) is 21.9 Å². The summed E-state index contributed by atoms with van der Waals surface area (Å²) in [7, 11) is 1.68. The number of nitrogens with zero attached hydrogens (tertiary/aromatic N) is 3. The zero-order valence-corrected chi connectivity index (χ0v) is 20.5. The molecule has 4 aromatic rings. The van der Waals surface area contributed by atoms with Gasteiger partial charge in [-0.05, 0) is 43.8 Å². The van der Waals surface area contributed by atoms with Gasteiger partial charge in [-0.25, -0.2) is 4.98 Å². The fraction of sp³-hybridized carbons (Fsp3) is 0.280. The van der Waals surface area contributed by atoms with E-state index in [0.29, 0.717) is 21.1 Å². The van der Waals surface area contributed by atoms with Gasteiger partial charge in [-0.1, -0.05) is 71.9 Å². The van der Waals surface area contributed by atoms with Gasteiger partial charge in [0, 0.05) is 18.7 Å². The number of thioether (sulfide) groups is 1. The maximum Gasteiger partial charge on any atom is 0.273 e. The molecule has 0 saturated carbocycles. The van der Waals surface area contributed by atoms with Crippen LogP contribution in [0.25, 0.3) is 21.5 Å². The standard InChI is InChI=1S/C25H26N4O2S2/c1-16-9-13-19(14-10-16)21-22-23(33-28-21)24(31)29(3)25(27-22)32-15-20(30)26-17(2)11-12-18-7-5-4-6-8-18/h4-10,13-14,17H,11-12,15H2,1-3H3,(H,26,30)/t17-/m1/s1. The molecular formula is C25H26N4O2S2. The molecule has 0 aliphatic heterocycles. The number of hydrogen-bond acceptors (Lipinski definition) is 6. The minimum Gasteiger partial charge on any atom is -0.353 e. The molecule has 2 aromatic heterocycles. The number of nitrogens with one attached hydrogen (secondary N) is 1. The first-order valence-corrected chi connectivity index (χ1v) is 12.6. The fourth-order valence-electron chi connectivity index (χ4n) is 3.52. The number of rotatable bonds is 8. The second-order valence-electron chi connectivity index (χ2n) is 8.11. The van der Waals surface area contributed by atoms with E-state index >= 15 is 0 Å². The highest BCUT2D eigenvalue weighted by Gasteiger charge is 2.18. The SMILES string of the molecule is Cc1ccc(-c2nsc3c(=O)n(C)c(SCC(=O)N[C@H](C)CCc4ccccc4)nc23)cc1. The van der Waals surface area contributed by atoms with E-state index in [-0.39, 0.29) is 23.3 Å². The van der Waals surface area contributed by atoms with E-state index in [0.717, 1.165) is 35.5 Å². The molecule has 1 atom stereocenters. The highest BCUT2D eigenvalue weighted by atomic mass is 32.2. The Morgan fingerprint density at radius 2 is 1.88 bits per heavy atom. The minimum absolute atomic E-state index is 0.0618. The van der Waals surface area contributed by atoms with Crippen molar-refractivity contribution in [1.29, 1.82) is 0 Å². The Labute approximate surface area is 201 Å². The molecule has 0 unspecified atom stereocenters. The van der Waals surface area contributed by atoms with E-state index < -0.39 is 0 Å². The quantitative estimate of drug-likeness (QED) is 0.296. The number of amides is 1. The Bertz CT molecular complexity index is 1310. The summed E-state index contributed by atoms with van der Waals surface area (Å²) in [6.45, 7) is 4.04. The molecule has 0 saturated heterocycles. The van der Waals surface area contributed by atoms with Crippen molar-refractivity contribution < 1.29 is 4.79 Å². The number of hydrogen-bond donors (Lipinski definition) is 1. The van der Waals surface area contributed by atoms with Crippen LogP contribution in [0.2, 0.25) is 0 Å². The molecule has 0 spiro atoms. The maximum atomic E-state index is 12.9. The van der Waals surface area contributed by atoms with Crippen molar-refractivity contribution in [2.75, 3.05) is 5.75 Å². The molecular weight excluding hydrogens is 452 g/mol. The monoisotopic (exact) mass is 478 g/mol. The van der Waals surface area contributed by atoms with Crippen molar-refractivity contribution in [3.05, 3.63) is 76.1 Å². The maximum absolute atomic E-state index is 12.9. The lowest BCUT2D eigenvalue weighted by Gasteiger charge is -2.14. The summed E-state index contributed by atoms with van der Waals surface area (Å²) in [5.74, 6) is 0.121. The lowest BCUT2D eigenvalue weighted by Crippen LogP contribution is -2.34. The van der Waals surface area contributed by atoms with E-state index in [1.807, 2.05) is 56.3 Å². The summed E-state index contributed by atoms with van der Waals surface area (Å²) in [6.07, 6.45) is 1.78. The molecule has 2 heterocycles. The van der Waals surface area contributed by atoms with E-state index in [9.17, 15) is 9.59 Å². The van der Waals surface area contributed by atoms with Crippen molar-refractivity contribution in [3.63, 3.8) is 0 Å². The Morgan fingerprint density at radius 1 is 1.15 bits per heavy atom. The van der Waals surface area contributed by atoms with Gasteiger partial charge >= 0.3 is 0 Å². The average molecular weight is 479 g/mol. The van der Waals surface area contributed by atoms with Crippen molar-refractivity contribution in [3.8, 4) is 11.3 Å². The van der Waals surface area contributed by atoms with Crippen LogP contribution in [0.1, 0.15) is 24.5 Å². The van der Waals surface area contributed by atoms with Crippen LogP contribution in [0.4, 0.5) is 0 Å². The molecule has 0 radical (unpaired) electrons. The third kappa shape index (κ3) is 5.51. The fourth-order valence-corrected chi connectivity index (χ4v) is 5.11. The number of benzene rings is 2. The van der Waals surface area contributed by atoms with Gasteiger partial charge in [0.15, 0.2) is 5.16 Å². The summed E-state index contributed by atoms with van der Waals surface area (Å²) >= 11 is 2.43. The lowest BCUT2D eigenvalue weighted by atomic mass is 10.1. The largest absolute Gasteiger partial charge is 0.353 e. The smallest absolute Gasteiger partial charge is 0.273 e. The van der Waals surface area contributed by atoms with Crippen molar-refractivity contribution in [2.45, 2.75) is 37.9 Å². The van der Waals surface area contributed by atoms with Gasteiger partial charge in [-0.2, -0.15) is 4.37 Å². The summed E-state index contributed by atoms with van der Waals surface area (Å²) < 4.78 is 6.52. The molecule has 0 fully saturated rings. The molecule has 0 aliphatic rings. The molecule has 8 heteroatoms. The van der Waals surface area contributed by atoms with E-state index in [4.69, 9.17) is 4.98 Å². The number of aryl methyl sites for hydroxylation is 2. The summed E-state index contributed by atoms with van der Waals surface area (Å²) in [5.41, 5.74) is 4.49. The average Bonchev–Trinajstić information content (AvgIpc) is 3.24. The van der Waals surface area contributed by atoms with Crippen LogP contribution >= 0.6 is 23.3 Å².